The molecule has 0 bridgehead atoms. The highest BCUT2D eigenvalue weighted by atomic mass is 79.9. The van der Waals surface area contributed by atoms with Gasteiger partial charge in [-0.25, -0.2) is 0 Å². The van der Waals surface area contributed by atoms with Crippen LogP contribution in [0.4, 0.5) is 0 Å². The van der Waals surface area contributed by atoms with Crippen molar-refractivity contribution in [1.82, 2.24) is 0 Å². The molecule has 1 nitrogen and oxygen atoms in total. The van der Waals surface area contributed by atoms with Crippen LogP contribution in [0, 0.1) is 6.92 Å². The highest BCUT2D eigenvalue weighted by Gasteiger charge is 2.00. The van der Waals surface area contributed by atoms with Gasteiger partial charge in [-0.15, -0.1) is 0 Å². The van der Waals surface area contributed by atoms with Gasteiger partial charge in [0.25, 0.3) is 0 Å². The number of hydrogen-bond donors (Lipinski definition) is 0. The second-order valence-electron chi connectivity index (χ2n) is 3.35. The van der Waals surface area contributed by atoms with E-state index in [4.69, 9.17) is 4.74 Å². The van der Waals surface area contributed by atoms with Crippen LogP contribution in [0.1, 0.15) is 5.56 Å². The number of ether oxygens (including phenoxy) is 1. The fourth-order valence-electron chi connectivity index (χ4n) is 1.33. The van der Waals surface area contributed by atoms with Gasteiger partial charge in [-0.05, 0) is 52.7 Å². The number of benzene rings is 2. The first-order valence-corrected chi connectivity index (χ1v) is 5.54. The van der Waals surface area contributed by atoms with Crippen molar-refractivity contribution in [3.05, 3.63) is 58.6 Å². The van der Waals surface area contributed by atoms with Crippen molar-refractivity contribution in [3.63, 3.8) is 0 Å². The standard InChI is InChI=1S/C13H11BrO/c1-10-5-4-6-11(9-10)15-13-8-3-2-7-12(13)14/h2-9H,1H3. The van der Waals surface area contributed by atoms with Crippen molar-refractivity contribution in [1.29, 1.82) is 0 Å². The number of hydrogen-bond acceptors (Lipinski definition) is 1. The lowest BCUT2D eigenvalue weighted by Crippen LogP contribution is -1.85. The molecule has 76 valence electrons. The third-order valence-corrected chi connectivity index (χ3v) is 2.71. The summed E-state index contributed by atoms with van der Waals surface area (Å²) in [7, 11) is 0. The van der Waals surface area contributed by atoms with Crippen molar-refractivity contribution in [2.75, 3.05) is 0 Å². The van der Waals surface area contributed by atoms with Crippen LogP contribution in [-0.2, 0) is 0 Å². The Morgan fingerprint density at radius 3 is 2.53 bits per heavy atom. The fourth-order valence-corrected chi connectivity index (χ4v) is 1.70. The maximum Gasteiger partial charge on any atom is 0.141 e. The first kappa shape index (κ1) is 10.2. The van der Waals surface area contributed by atoms with Gasteiger partial charge in [0.1, 0.15) is 11.5 Å². The second kappa shape index (κ2) is 4.49. The molecule has 0 aliphatic rings. The summed E-state index contributed by atoms with van der Waals surface area (Å²) in [5.41, 5.74) is 1.19. The minimum absolute atomic E-state index is 0.836. The molecule has 2 aromatic carbocycles. The van der Waals surface area contributed by atoms with Gasteiger partial charge in [-0.1, -0.05) is 24.3 Å². The SMILES string of the molecule is Cc1cccc(Oc2ccccc2Br)c1. The predicted octanol–water partition coefficient (Wildman–Crippen LogP) is 4.55. The zero-order valence-electron chi connectivity index (χ0n) is 8.41. The summed E-state index contributed by atoms with van der Waals surface area (Å²) in [6.07, 6.45) is 0. The Bertz CT molecular complexity index is 466. The van der Waals surface area contributed by atoms with Crippen LogP contribution >= 0.6 is 15.9 Å². The first-order valence-electron chi connectivity index (χ1n) is 4.75. The lowest BCUT2D eigenvalue weighted by Gasteiger charge is -2.07. The van der Waals surface area contributed by atoms with Crippen LogP contribution in [0.2, 0.25) is 0 Å². The summed E-state index contributed by atoms with van der Waals surface area (Å²) in [5.74, 6) is 1.70. The van der Waals surface area contributed by atoms with Crippen LogP contribution < -0.4 is 4.74 Å². The molecule has 2 aromatic rings. The van der Waals surface area contributed by atoms with Gasteiger partial charge in [-0.3, -0.25) is 0 Å². The van der Waals surface area contributed by atoms with Gasteiger partial charge in [0, 0.05) is 0 Å². The molecule has 0 unspecified atom stereocenters. The zero-order valence-corrected chi connectivity index (χ0v) is 9.99. The van der Waals surface area contributed by atoms with Crippen molar-refractivity contribution in [2.24, 2.45) is 0 Å². The molecule has 0 aliphatic heterocycles. The minimum Gasteiger partial charge on any atom is -0.456 e. The van der Waals surface area contributed by atoms with Crippen molar-refractivity contribution in [3.8, 4) is 11.5 Å². The van der Waals surface area contributed by atoms with E-state index in [2.05, 4.69) is 15.9 Å². The monoisotopic (exact) mass is 262 g/mol. The molecule has 0 N–H and O–H groups in total. The van der Waals surface area contributed by atoms with E-state index in [9.17, 15) is 0 Å². The van der Waals surface area contributed by atoms with Gasteiger partial charge in [0.05, 0.1) is 4.47 Å². The second-order valence-corrected chi connectivity index (χ2v) is 4.20. The Labute approximate surface area is 97.8 Å². The van der Waals surface area contributed by atoms with E-state index in [1.165, 1.54) is 5.56 Å². The summed E-state index contributed by atoms with van der Waals surface area (Å²) < 4.78 is 6.71. The normalized spacial score (nSPS) is 10.0. The van der Waals surface area contributed by atoms with Crippen LogP contribution in [0.5, 0.6) is 11.5 Å². The maximum absolute atomic E-state index is 5.74. The lowest BCUT2D eigenvalue weighted by atomic mass is 10.2. The van der Waals surface area contributed by atoms with Gasteiger partial charge in [0.2, 0.25) is 0 Å². The Kier molecular flexibility index (Phi) is 3.07. The Morgan fingerprint density at radius 1 is 1.00 bits per heavy atom. The van der Waals surface area contributed by atoms with Crippen molar-refractivity contribution in [2.45, 2.75) is 6.92 Å². The van der Waals surface area contributed by atoms with E-state index in [0.717, 1.165) is 16.0 Å². The quantitative estimate of drug-likeness (QED) is 0.772. The van der Waals surface area contributed by atoms with Crippen molar-refractivity contribution >= 4 is 15.9 Å². The highest BCUT2D eigenvalue weighted by molar-refractivity contribution is 9.10. The van der Waals surface area contributed by atoms with Gasteiger partial charge >= 0.3 is 0 Å². The molecule has 2 heteroatoms. The summed E-state index contributed by atoms with van der Waals surface area (Å²) in [5, 5.41) is 0. The average Bonchev–Trinajstić information content (AvgIpc) is 2.22. The average molecular weight is 263 g/mol. The minimum atomic E-state index is 0.836. The van der Waals surface area contributed by atoms with E-state index >= 15 is 0 Å². The van der Waals surface area contributed by atoms with Crippen LogP contribution in [-0.4, -0.2) is 0 Å². The number of para-hydroxylation sites is 1. The number of aryl methyl sites for hydroxylation is 1. The molecule has 0 spiro atoms. The highest BCUT2D eigenvalue weighted by Crippen LogP contribution is 2.29. The Hall–Kier alpha value is -1.28. The van der Waals surface area contributed by atoms with Crippen LogP contribution in [0.25, 0.3) is 0 Å². The van der Waals surface area contributed by atoms with Gasteiger partial charge < -0.3 is 4.74 Å². The molecule has 0 aromatic heterocycles. The number of rotatable bonds is 2. The third kappa shape index (κ3) is 2.60. The number of halogens is 1. The molecule has 0 saturated heterocycles. The summed E-state index contributed by atoms with van der Waals surface area (Å²) in [6.45, 7) is 2.05. The topological polar surface area (TPSA) is 9.23 Å². The van der Waals surface area contributed by atoms with E-state index in [1.54, 1.807) is 0 Å². The first-order chi connectivity index (χ1) is 7.25. The maximum atomic E-state index is 5.74. The fraction of sp³-hybridized carbons (Fsp3) is 0.0769. The van der Waals surface area contributed by atoms with E-state index in [0.29, 0.717) is 0 Å². The van der Waals surface area contributed by atoms with E-state index in [-0.39, 0.29) is 0 Å². The molecule has 0 amide bonds. The smallest absolute Gasteiger partial charge is 0.141 e. The van der Waals surface area contributed by atoms with E-state index in [1.807, 2.05) is 55.5 Å². The zero-order chi connectivity index (χ0) is 10.7. The lowest BCUT2D eigenvalue weighted by molar-refractivity contribution is 0.479. The predicted molar refractivity (Wildman–Crippen MR) is 65.4 cm³/mol. The molecule has 0 atom stereocenters. The molecule has 0 fully saturated rings. The largest absolute Gasteiger partial charge is 0.456 e. The van der Waals surface area contributed by atoms with E-state index < -0.39 is 0 Å². The van der Waals surface area contributed by atoms with Crippen LogP contribution in [0.15, 0.2) is 53.0 Å². The molecule has 0 radical (unpaired) electrons. The van der Waals surface area contributed by atoms with Gasteiger partial charge in [0.15, 0.2) is 0 Å². The molecule has 0 heterocycles. The Morgan fingerprint density at radius 2 is 1.80 bits per heavy atom. The summed E-state index contributed by atoms with van der Waals surface area (Å²) in [4.78, 5) is 0. The summed E-state index contributed by atoms with van der Waals surface area (Å²) >= 11 is 3.45. The molecule has 15 heavy (non-hydrogen) atoms. The molecule has 2 rings (SSSR count). The molecule has 0 saturated carbocycles. The van der Waals surface area contributed by atoms with Gasteiger partial charge in [-0.2, -0.15) is 0 Å². The molecule has 0 aliphatic carbocycles. The van der Waals surface area contributed by atoms with Crippen molar-refractivity contribution < 1.29 is 4.74 Å². The Balaban J connectivity index is 2.26. The summed E-state index contributed by atoms with van der Waals surface area (Å²) in [6, 6.07) is 15.8. The third-order valence-electron chi connectivity index (χ3n) is 2.05. The van der Waals surface area contributed by atoms with Crippen LogP contribution in [0.3, 0.4) is 0 Å². The molecular formula is C13H11BrO. The molecular weight excluding hydrogens is 252 g/mol.